The van der Waals surface area contributed by atoms with Gasteiger partial charge in [0.15, 0.2) is 5.58 Å². The van der Waals surface area contributed by atoms with Gasteiger partial charge < -0.3 is 24.7 Å². The predicted molar refractivity (Wildman–Crippen MR) is 101 cm³/mol. The van der Waals surface area contributed by atoms with Crippen molar-refractivity contribution in [3.63, 3.8) is 0 Å². The molecule has 26 heavy (non-hydrogen) atoms. The van der Waals surface area contributed by atoms with Gasteiger partial charge >= 0.3 is 0 Å². The highest BCUT2D eigenvalue weighted by Crippen LogP contribution is 2.26. The van der Waals surface area contributed by atoms with Crippen LogP contribution in [0.25, 0.3) is 11.1 Å². The second kappa shape index (κ2) is 7.07. The molecule has 0 bridgehead atoms. The van der Waals surface area contributed by atoms with E-state index in [0.29, 0.717) is 12.1 Å². The van der Waals surface area contributed by atoms with Gasteiger partial charge in [-0.25, -0.2) is 9.97 Å². The van der Waals surface area contributed by atoms with Crippen molar-refractivity contribution in [3.8, 4) is 5.75 Å². The van der Waals surface area contributed by atoms with E-state index >= 15 is 0 Å². The predicted octanol–water partition coefficient (Wildman–Crippen LogP) is 2.75. The van der Waals surface area contributed by atoms with Crippen molar-refractivity contribution in [2.45, 2.75) is 18.9 Å². The SMILES string of the molecule is CNc1cc(N2CCCC2CNc2nc3cc(OC)ccc3o2)ncn1. The van der Waals surface area contributed by atoms with Gasteiger partial charge in [-0.3, -0.25) is 0 Å². The molecule has 1 fully saturated rings. The van der Waals surface area contributed by atoms with Crippen LogP contribution in [-0.2, 0) is 0 Å². The number of nitrogens with one attached hydrogen (secondary N) is 2. The quantitative estimate of drug-likeness (QED) is 0.699. The molecular weight excluding hydrogens is 332 g/mol. The van der Waals surface area contributed by atoms with E-state index in [2.05, 4.69) is 30.5 Å². The Kier molecular flexibility index (Phi) is 4.47. The molecule has 2 N–H and O–H groups in total. The molecule has 1 aliphatic heterocycles. The van der Waals surface area contributed by atoms with Crippen LogP contribution in [0, 0.1) is 0 Å². The average Bonchev–Trinajstić information content (AvgIpc) is 3.32. The molecule has 1 aromatic carbocycles. The van der Waals surface area contributed by atoms with Crippen LogP contribution >= 0.6 is 0 Å². The molecule has 3 heterocycles. The second-order valence-electron chi connectivity index (χ2n) is 6.23. The summed E-state index contributed by atoms with van der Waals surface area (Å²) in [5.41, 5.74) is 1.52. The van der Waals surface area contributed by atoms with Gasteiger partial charge in [-0.2, -0.15) is 4.98 Å². The number of hydrogen-bond donors (Lipinski definition) is 2. The molecule has 1 unspecified atom stereocenters. The maximum Gasteiger partial charge on any atom is 0.295 e. The summed E-state index contributed by atoms with van der Waals surface area (Å²) < 4.78 is 11.0. The molecule has 3 aromatic rings. The molecule has 1 aliphatic rings. The van der Waals surface area contributed by atoms with E-state index in [1.165, 1.54) is 0 Å². The van der Waals surface area contributed by atoms with Crippen molar-refractivity contribution in [1.82, 2.24) is 15.0 Å². The molecule has 1 saturated heterocycles. The van der Waals surface area contributed by atoms with E-state index in [-0.39, 0.29) is 0 Å². The highest BCUT2D eigenvalue weighted by atomic mass is 16.5. The fourth-order valence-electron chi connectivity index (χ4n) is 3.31. The summed E-state index contributed by atoms with van der Waals surface area (Å²) in [5.74, 6) is 2.53. The zero-order valence-electron chi connectivity index (χ0n) is 14.9. The Hall–Kier alpha value is -3.03. The molecule has 0 spiro atoms. The molecule has 0 radical (unpaired) electrons. The monoisotopic (exact) mass is 354 g/mol. The Bertz CT molecular complexity index is 896. The summed E-state index contributed by atoms with van der Waals surface area (Å²) in [5, 5.41) is 6.38. The number of nitrogens with zero attached hydrogens (tertiary/aromatic N) is 4. The summed E-state index contributed by atoms with van der Waals surface area (Å²) in [6.07, 6.45) is 3.83. The van der Waals surface area contributed by atoms with Gasteiger partial charge in [-0.15, -0.1) is 0 Å². The van der Waals surface area contributed by atoms with Gasteiger partial charge in [0, 0.05) is 38.3 Å². The van der Waals surface area contributed by atoms with Crippen molar-refractivity contribution in [3.05, 3.63) is 30.6 Å². The Morgan fingerprint density at radius 1 is 1.31 bits per heavy atom. The summed E-state index contributed by atoms with van der Waals surface area (Å²) in [7, 11) is 3.50. The van der Waals surface area contributed by atoms with Crippen LogP contribution in [0.3, 0.4) is 0 Å². The molecule has 2 aromatic heterocycles. The maximum absolute atomic E-state index is 5.77. The number of hydrogen-bond acceptors (Lipinski definition) is 8. The maximum atomic E-state index is 5.77. The molecular formula is C18H22N6O2. The lowest BCUT2D eigenvalue weighted by Crippen LogP contribution is -2.35. The number of aromatic nitrogens is 3. The number of ether oxygens (including phenoxy) is 1. The molecule has 8 heteroatoms. The molecule has 0 saturated carbocycles. The van der Waals surface area contributed by atoms with Gasteiger partial charge in [-0.05, 0) is 25.0 Å². The molecule has 4 rings (SSSR count). The van der Waals surface area contributed by atoms with E-state index in [0.717, 1.165) is 54.4 Å². The minimum atomic E-state index is 0.333. The number of benzene rings is 1. The number of oxazole rings is 1. The number of rotatable bonds is 6. The molecule has 0 aliphatic carbocycles. The van der Waals surface area contributed by atoms with Crippen LogP contribution in [0.15, 0.2) is 35.0 Å². The zero-order valence-corrected chi connectivity index (χ0v) is 14.9. The smallest absolute Gasteiger partial charge is 0.295 e. The number of fused-ring (bicyclic) bond motifs is 1. The lowest BCUT2D eigenvalue weighted by Gasteiger charge is -2.25. The van der Waals surface area contributed by atoms with Crippen LogP contribution in [0.1, 0.15) is 12.8 Å². The van der Waals surface area contributed by atoms with Crippen molar-refractivity contribution >= 4 is 28.8 Å². The summed E-state index contributed by atoms with van der Waals surface area (Å²) in [6.45, 7) is 1.72. The third-order valence-electron chi connectivity index (χ3n) is 4.66. The fraction of sp³-hybridized carbons (Fsp3) is 0.389. The van der Waals surface area contributed by atoms with Crippen LogP contribution in [0.2, 0.25) is 0 Å². The van der Waals surface area contributed by atoms with Crippen molar-refractivity contribution in [2.24, 2.45) is 0 Å². The Morgan fingerprint density at radius 3 is 3.08 bits per heavy atom. The van der Waals surface area contributed by atoms with E-state index in [9.17, 15) is 0 Å². The van der Waals surface area contributed by atoms with Gasteiger partial charge in [0.2, 0.25) is 0 Å². The number of methoxy groups -OCH3 is 1. The first-order valence-electron chi connectivity index (χ1n) is 8.71. The minimum Gasteiger partial charge on any atom is -0.497 e. The van der Waals surface area contributed by atoms with Gasteiger partial charge in [0.25, 0.3) is 6.01 Å². The fourth-order valence-corrected chi connectivity index (χ4v) is 3.31. The van der Waals surface area contributed by atoms with Crippen LogP contribution in [0.5, 0.6) is 5.75 Å². The normalized spacial score (nSPS) is 16.8. The zero-order chi connectivity index (χ0) is 17.9. The molecule has 0 amide bonds. The first-order chi connectivity index (χ1) is 12.8. The third kappa shape index (κ3) is 3.22. The highest BCUT2D eigenvalue weighted by molar-refractivity contribution is 5.76. The Balaban J connectivity index is 1.46. The molecule has 8 nitrogen and oxygen atoms in total. The van der Waals surface area contributed by atoms with Crippen molar-refractivity contribution < 1.29 is 9.15 Å². The van der Waals surface area contributed by atoms with Crippen molar-refractivity contribution in [1.29, 1.82) is 0 Å². The average molecular weight is 354 g/mol. The second-order valence-corrected chi connectivity index (χ2v) is 6.23. The first-order valence-corrected chi connectivity index (χ1v) is 8.71. The standard InChI is InChI=1S/C18H22N6O2/c1-19-16-9-17(22-11-21-16)24-7-3-4-12(24)10-20-18-23-14-8-13(25-2)5-6-15(14)26-18/h5-6,8-9,11-12H,3-4,7,10H2,1-2H3,(H,20,23)(H,19,21,22). The summed E-state index contributed by atoms with van der Waals surface area (Å²) in [6, 6.07) is 8.44. The van der Waals surface area contributed by atoms with Crippen LogP contribution < -0.4 is 20.3 Å². The largest absolute Gasteiger partial charge is 0.497 e. The topological polar surface area (TPSA) is 88.3 Å². The van der Waals surface area contributed by atoms with Crippen LogP contribution in [0.4, 0.5) is 17.7 Å². The lowest BCUT2D eigenvalue weighted by molar-refractivity contribution is 0.415. The lowest BCUT2D eigenvalue weighted by atomic mass is 10.2. The third-order valence-corrected chi connectivity index (χ3v) is 4.66. The Labute approximate surface area is 151 Å². The summed E-state index contributed by atoms with van der Waals surface area (Å²) >= 11 is 0. The van der Waals surface area contributed by atoms with Gasteiger partial charge in [0.05, 0.1) is 7.11 Å². The van der Waals surface area contributed by atoms with Crippen molar-refractivity contribution in [2.75, 3.05) is 42.8 Å². The van der Waals surface area contributed by atoms with E-state index < -0.39 is 0 Å². The van der Waals surface area contributed by atoms with Crippen LogP contribution in [-0.4, -0.2) is 48.2 Å². The minimum absolute atomic E-state index is 0.333. The molecule has 1 atom stereocenters. The first kappa shape index (κ1) is 16.4. The van der Waals surface area contributed by atoms with E-state index in [1.807, 2.05) is 31.3 Å². The Morgan fingerprint density at radius 2 is 2.23 bits per heavy atom. The molecule has 136 valence electrons. The van der Waals surface area contributed by atoms with E-state index in [1.54, 1.807) is 13.4 Å². The highest BCUT2D eigenvalue weighted by Gasteiger charge is 2.26. The van der Waals surface area contributed by atoms with Gasteiger partial charge in [0.1, 0.15) is 29.2 Å². The number of anilines is 3. The van der Waals surface area contributed by atoms with Gasteiger partial charge in [-0.1, -0.05) is 0 Å². The van der Waals surface area contributed by atoms with E-state index in [4.69, 9.17) is 9.15 Å². The summed E-state index contributed by atoms with van der Waals surface area (Å²) in [4.78, 5) is 15.4.